The lowest BCUT2D eigenvalue weighted by atomic mass is 10.1. The summed E-state index contributed by atoms with van der Waals surface area (Å²) in [5.74, 6) is -0.189. The number of halogens is 1. The SMILES string of the molecule is O=C1CC(S(=O)(=O)Cl)CN1Cc1ccc2cccnc2c1. The van der Waals surface area contributed by atoms with Crippen molar-refractivity contribution in [2.24, 2.45) is 0 Å². The zero-order valence-electron chi connectivity index (χ0n) is 11.1. The van der Waals surface area contributed by atoms with Crippen LogP contribution in [0.3, 0.4) is 0 Å². The third kappa shape index (κ3) is 3.01. The minimum atomic E-state index is -3.70. The van der Waals surface area contributed by atoms with E-state index in [-0.39, 0.29) is 18.9 Å². The summed E-state index contributed by atoms with van der Waals surface area (Å²) in [5, 5.41) is 0.209. The third-order valence-electron chi connectivity index (χ3n) is 3.62. The van der Waals surface area contributed by atoms with Crippen LogP contribution < -0.4 is 0 Å². The Hall–Kier alpha value is -1.66. The molecule has 7 heteroatoms. The van der Waals surface area contributed by atoms with Gasteiger partial charge in [-0.1, -0.05) is 18.2 Å². The molecule has 0 radical (unpaired) electrons. The van der Waals surface area contributed by atoms with Crippen LogP contribution in [0.2, 0.25) is 0 Å². The maximum absolute atomic E-state index is 11.9. The van der Waals surface area contributed by atoms with Gasteiger partial charge in [-0.05, 0) is 17.7 Å². The molecule has 0 spiro atoms. The van der Waals surface area contributed by atoms with Crippen molar-refractivity contribution in [1.29, 1.82) is 0 Å². The van der Waals surface area contributed by atoms with Crippen LogP contribution in [0.5, 0.6) is 0 Å². The number of nitrogens with zero attached hydrogens (tertiary/aromatic N) is 2. The lowest BCUT2D eigenvalue weighted by Gasteiger charge is -2.16. The number of likely N-dealkylation sites (tertiary alicyclic amines) is 1. The highest BCUT2D eigenvalue weighted by Crippen LogP contribution is 2.23. The average Bonchev–Trinajstić information content (AvgIpc) is 2.80. The Labute approximate surface area is 127 Å². The highest BCUT2D eigenvalue weighted by Gasteiger charge is 2.37. The molecule has 1 saturated heterocycles. The van der Waals surface area contributed by atoms with E-state index >= 15 is 0 Å². The number of pyridine rings is 1. The molecule has 0 aliphatic carbocycles. The number of hydrogen-bond acceptors (Lipinski definition) is 4. The highest BCUT2D eigenvalue weighted by molar-refractivity contribution is 8.14. The fourth-order valence-electron chi connectivity index (χ4n) is 2.51. The minimum Gasteiger partial charge on any atom is -0.337 e. The largest absolute Gasteiger partial charge is 0.337 e. The van der Waals surface area contributed by atoms with Crippen molar-refractivity contribution in [3.05, 3.63) is 42.1 Å². The predicted molar refractivity (Wildman–Crippen MR) is 80.3 cm³/mol. The van der Waals surface area contributed by atoms with Gasteiger partial charge in [0.2, 0.25) is 15.0 Å². The summed E-state index contributed by atoms with van der Waals surface area (Å²) in [5.41, 5.74) is 1.77. The Morgan fingerprint density at radius 1 is 1.33 bits per heavy atom. The van der Waals surface area contributed by atoms with E-state index in [0.717, 1.165) is 16.5 Å². The lowest BCUT2D eigenvalue weighted by Crippen LogP contribution is -2.26. The number of amides is 1. The molecule has 110 valence electrons. The molecular weight excluding hydrogens is 312 g/mol. The molecule has 5 nitrogen and oxygen atoms in total. The summed E-state index contributed by atoms with van der Waals surface area (Å²) in [6.07, 6.45) is 1.67. The van der Waals surface area contributed by atoms with Gasteiger partial charge < -0.3 is 4.90 Å². The van der Waals surface area contributed by atoms with Gasteiger partial charge >= 0.3 is 0 Å². The molecule has 1 amide bonds. The van der Waals surface area contributed by atoms with Gasteiger partial charge in [0.1, 0.15) is 5.25 Å². The molecule has 3 rings (SSSR count). The second kappa shape index (κ2) is 5.27. The topological polar surface area (TPSA) is 67.3 Å². The van der Waals surface area contributed by atoms with Crippen molar-refractivity contribution in [2.45, 2.75) is 18.2 Å². The number of benzene rings is 1. The van der Waals surface area contributed by atoms with Crippen LogP contribution in [-0.4, -0.2) is 36.0 Å². The molecule has 1 fully saturated rings. The zero-order chi connectivity index (χ0) is 15.0. The summed E-state index contributed by atoms with van der Waals surface area (Å²) in [6.45, 7) is 0.513. The first-order chi connectivity index (χ1) is 9.93. The Morgan fingerprint density at radius 2 is 2.14 bits per heavy atom. The van der Waals surface area contributed by atoms with E-state index in [1.165, 1.54) is 4.90 Å². The van der Waals surface area contributed by atoms with Crippen LogP contribution in [0.4, 0.5) is 0 Å². The molecule has 1 aromatic carbocycles. The molecule has 2 aromatic rings. The van der Waals surface area contributed by atoms with Gasteiger partial charge in [-0.2, -0.15) is 0 Å². The van der Waals surface area contributed by atoms with Gasteiger partial charge in [0.05, 0.1) is 5.52 Å². The molecule has 1 unspecified atom stereocenters. The molecule has 1 aliphatic rings. The van der Waals surface area contributed by atoms with Gasteiger partial charge in [0, 0.05) is 41.8 Å². The second-order valence-electron chi connectivity index (χ2n) is 5.11. The van der Waals surface area contributed by atoms with Gasteiger partial charge in [-0.15, -0.1) is 0 Å². The number of fused-ring (bicyclic) bond motifs is 1. The Balaban J connectivity index is 1.81. The van der Waals surface area contributed by atoms with Crippen molar-refractivity contribution < 1.29 is 13.2 Å². The summed E-state index contributed by atoms with van der Waals surface area (Å²) in [6, 6.07) is 9.59. The van der Waals surface area contributed by atoms with Gasteiger partial charge in [0.25, 0.3) is 0 Å². The molecule has 2 heterocycles. The van der Waals surface area contributed by atoms with Gasteiger partial charge in [0.15, 0.2) is 0 Å². The van der Waals surface area contributed by atoms with E-state index in [1.807, 2.05) is 30.3 Å². The summed E-state index contributed by atoms with van der Waals surface area (Å²) in [4.78, 5) is 17.7. The fourth-order valence-corrected chi connectivity index (χ4v) is 3.57. The molecule has 1 aliphatic heterocycles. The van der Waals surface area contributed by atoms with Crippen molar-refractivity contribution in [3.63, 3.8) is 0 Å². The molecular formula is C14H13ClN2O3S. The van der Waals surface area contributed by atoms with Gasteiger partial charge in [-0.25, -0.2) is 8.42 Å². The van der Waals surface area contributed by atoms with E-state index in [0.29, 0.717) is 6.54 Å². The van der Waals surface area contributed by atoms with E-state index in [2.05, 4.69) is 4.98 Å². The molecule has 0 bridgehead atoms. The predicted octanol–water partition coefficient (Wildman–Crippen LogP) is 1.90. The lowest BCUT2D eigenvalue weighted by molar-refractivity contribution is -0.128. The van der Waals surface area contributed by atoms with E-state index in [4.69, 9.17) is 10.7 Å². The van der Waals surface area contributed by atoms with Crippen LogP contribution in [0, 0.1) is 0 Å². The normalized spacial score (nSPS) is 19.4. The number of carbonyl (C=O) groups excluding carboxylic acids is 1. The standard InChI is InChI=1S/C14H13ClN2O3S/c15-21(19,20)12-7-14(18)17(9-12)8-10-3-4-11-2-1-5-16-13(11)6-10/h1-6,12H,7-9H2. The smallest absolute Gasteiger partial charge is 0.237 e. The molecule has 21 heavy (non-hydrogen) atoms. The number of hydrogen-bond donors (Lipinski definition) is 0. The summed E-state index contributed by atoms with van der Waals surface area (Å²) in [7, 11) is 1.64. The van der Waals surface area contributed by atoms with Crippen LogP contribution >= 0.6 is 10.7 Å². The highest BCUT2D eigenvalue weighted by atomic mass is 35.7. The first-order valence-corrected chi connectivity index (χ1v) is 8.85. The van der Waals surface area contributed by atoms with Gasteiger partial charge in [-0.3, -0.25) is 9.78 Å². The first-order valence-electron chi connectivity index (χ1n) is 6.48. The number of rotatable bonds is 3. The Morgan fingerprint density at radius 3 is 2.86 bits per heavy atom. The third-order valence-corrected chi connectivity index (χ3v) is 5.49. The minimum absolute atomic E-state index is 0.0440. The van der Waals surface area contributed by atoms with Crippen LogP contribution in [0.25, 0.3) is 10.9 Å². The van der Waals surface area contributed by atoms with Crippen LogP contribution in [0.1, 0.15) is 12.0 Å². The maximum atomic E-state index is 11.9. The van der Waals surface area contributed by atoms with E-state index in [1.54, 1.807) is 6.20 Å². The van der Waals surface area contributed by atoms with E-state index < -0.39 is 14.3 Å². The summed E-state index contributed by atoms with van der Waals surface area (Å²) < 4.78 is 22.7. The van der Waals surface area contributed by atoms with Crippen molar-refractivity contribution in [2.75, 3.05) is 6.54 Å². The van der Waals surface area contributed by atoms with Crippen LogP contribution in [-0.2, 0) is 20.4 Å². The first kappa shape index (κ1) is 14.3. The fraction of sp³-hybridized carbons (Fsp3) is 0.286. The van der Waals surface area contributed by atoms with E-state index in [9.17, 15) is 13.2 Å². The molecule has 1 aromatic heterocycles. The quantitative estimate of drug-likeness (QED) is 0.809. The number of carbonyl (C=O) groups is 1. The molecule has 1 atom stereocenters. The molecule has 0 saturated carbocycles. The van der Waals surface area contributed by atoms with Crippen molar-refractivity contribution in [1.82, 2.24) is 9.88 Å². The number of aromatic nitrogens is 1. The van der Waals surface area contributed by atoms with Crippen molar-refractivity contribution in [3.8, 4) is 0 Å². The monoisotopic (exact) mass is 324 g/mol. The van der Waals surface area contributed by atoms with Crippen molar-refractivity contribution >= 4 is 36.5 Å². The Bertz CT molecular complexity index is 807. The molecule has 0 N–H and O–H groups in total. The maximum Gasteiger partial charge on any atom is 0.237 e. The second-order valence-corrected chi connectivity index (χ2v) is 8.01. The zero-order valence-corrected chi connectivity index (χ0v) is 12.6. The Kier molecular flexibility index (Phi) is 3.59. The summed E-state index contributed by atoms with van der Waals surface area (Å²) >= 11 is 0. The average molecular weight is 325 g/mol. The van der Waals surface area contributed by atoms with Crippen LogP contribution in [0.15, 0.2) is 36.5 Å².